The summed E-state index contributed by atoms with van der Waals surface area (Å²) in [6, 6.07) is 6.83. The van der Waals surface area contributed by atoms with Gasteiger partial charge in [0.25, 0.3) is 0 Å². The molecule has 14 heavy (non-hydrogen) atoms. The molecule has 4 nitrogen and oxygen atoms in total. The highest BCUT2D eigenvalue weighted by atomic mass is 32.1. The molecule has 0 unspecified atom stereocenters. The maximum absolute atomic E-state index is 10.3. The predicted molar refractivity (Wildman–Crippen MR) is 58.8 cm³/mol. The second-order valence-electron chi connectivity index (χ2n) is 2.59. The van der Waals surface area contributed by atoms with Gasteiger partial charge in [-0.05, 0) is 24.3 Å². The van der Waals surface area contributed by atoms with Crippen LogP contribution in [0.1, 0.15) is 5.56 Å². The third-order valence-corrected chi connectivity index (χ3v) is 2.07. The van der Waals surface area contributed by atoms with Crippen molar-refractivity contribution in [3.05, 3.63) is 29.8 Å². The number of nitrogens with one attached hydrogen (secondary N) is 2. The van der Waals surface area contributed by atoms with Crippen LogP contribution in [0.15, 0.2) is 24.3 Å². The van der Waals surface area contributed by atoms with E-state index in [-0.39, 0.29) is 0 Å². The van der Waals surface area contributed by atoms with Gasteiger partial charge in [-0.1, -0.05) is 12.2 Å². The highest BCUT2D eigenvalue weighted by molar-refractivity contribution is 7.80. The minimum absolute atomic E-state index is 0.528. The topological polar surface area (TPSA) is 61.4 Å². The fraction of sp³-hybridized carbons (Fsp3) is 0.111. The van der Waals surface area contributed by atoms with Gasteiger partial charge in [0, 0.05) is 18.3 Å². The number of thiocarbonyl (C=S) groups is 1. The zero-order chi connectivity index (χ0) is 10.6. The van der Waals surface area contributed by atoms with Gasteiger partial charge in [-0.15, -0.1) is 0 Å². The van der Waals surface area contributed by atoms with E-state index in [9.17, 15) is 4.79 Å². The van der Waals surface area contributed by atoms with Crippen LogP contribution in [-0.2, 0) is 0 Å². The quantitative estimate of drug-likeness (QED) is 0.650. The lowest BCUT2D eigenvalue weighted by molar-refractivity contribution is 0.210. The molecule has 1 aromatic rings. The van der Waals surface area contributed by atoms with E-state index in [1.807, 2.05) is 0 Å². The van der Waals surface area contributed by atoms with Crippen LogP contribution in [0.3, 0.4) is 0 Å². The van der Waals surface area contributed by atoms with Crippen LogP contribution < -0.4 is 10.6 Å². The molecule has 0 saturated heterocycles. The molecule has 0 radical (unpaired) electrons. The van der Waals surface area contributed by atoms with Crippen molar-refractivity contribution in [2.45, 2.75) is 0 Å². The van der Waals surface area contributed by atoms with Gasteiger partial charge in [0.15, 0.2) is 0 Å². The molecule has 0 bridgehead atoms. The van der Waals surface area contributed by atoms with Gasteiger partial charge in [0.1, 0.15) is 4.99 Å². The Balaban J connectivity index is 2.78. The highest BCUT2D eigenvalue weighted by Crippen LogP contribution is 2.09. The maximum atomic E-state index is 10.3. The van der Waals surface area contributed by atoms with Crippen molar-refractivity contribution in [3.63, 3.8) is 0 Å². The molecule has 1 rings (SSSR count). The third-order valence-electron chi connectivity index (χ3n) is 1.63. The van der Waals surface area contributed by atoms with E-state index >= 15 is 0 Å². The average Bonchev–Trinajstić information content (AvgIpc) is 2.17. The van der Waals surface area contributed by atoms with Crippen molar-refractivity contribution in [2.75, 3.05) is 12.4 Å². The minimum Gasteiger partial charge on any atom is -0.465 e. The van der Waals surface area contributed by atoms with Crippen molar-refractivity contribution in [1.82, 2.24) is 5.32 Å². The van der Waals surface area contributed by atoms with Crippen LogP contribution in [0, 0.1) is 0 Å². The van der Waals surface area contributed by atoms with Crippen molar-refractivity contribution < 1.29 is 9.90 Å². The second-order valence-corrected chi connectivity index (χ2v) is 2.99. The Labute approximate surface area is 86.9 Å². The Morgan fingerprint density at radius 1 is 1.36 bits per heavy atom. The van der Waals surface area contributed by atoms with Gasteiger partial charge < -0.3 is 10.4 Å². The number of hydrogen-bond donors (Lipinski definition) is 3. The summed E-state index contributed by atoms with van der Waals surface area (Å²) in [5.74, 6) is 0. The zero-order valence-electron chi connectivity index (χ0n) is 7.57. The Morgan fingerprint density at radius 2 is 1.93 bits per heavy atom. The summed E-state index contributed by atoms with van der Waals surface area (Å²) < 4.78 is 0. The predicted octanol–water partition coefficient (Wildman–Crippen LogP) is 1.67. The molecular weight excluding hydrogens is 200 g/mol. The SMILES string of the molecule is CNC(=S)c1ccc(NC(=O)O)cc1. The fourth-order valence-corrected chi connectivity index (χ4v) is 1.11. The van der Waals surface area contributed by atoms with E-state index in [1.54, 1.807) is 31.3 Å². The summed E-state index contributed by atoms with van der Waals surface area (Å²) in [5, 5.41) is 13.5. The van der Waals surface area contributed by atoms with E-state index in [0.717, 1.165) is 5.56 Å². The standard InChI is InChI=1S/C9H10N2O2S/c1-10-8(14)6-2-4-7(5-3-6)11-9(12)13/h2-5,11H,1H3,(H,10,14)(H,12,13). The Morgan fingerprint density at radius 3 is 2.36 bits per heavy atom. The van der Waals surface area contributed by atoms with Crippen molar-refractivity contribution in [1.29, 1.82) is 0 Å². The first-order chi connectivity index (χ1) is 6.63. The number of carbonyl (C=O) groups is 1. The maximum Gasteiger partial charge on any atom is 0.409 e. The van der Waals surface area contributed by atoms with Crippen LogP contribution in [0.5, 0.6) is 0 Å². The normalized spacial score (nSPS) is 9.21. The highest BCUT2D eigenvalue weighted by Gasteiger charge is 2.00. The van der Waals surface area contributed by atoms with E-state index < -0.39 is 6.09 Å². The Hall–Kier alpha value is -1.62. The molecule has 1 amide bonds. The number of anilines is 1. The van der Waals surface area contributed by atoms with Crippen LogP contribution in [-0.4, -0.2) is 23.2 Å². The van der Waals surface area contributed by atoms with E-state index in [1.165, 1.54) is 0 Å². The molecule has 0 fully saturated rings. The summed E-state index contributed by atoms with van der Waals surface area (Å²) in [6.07, 6.45) is -1.08. The smallest absolute Gasteiger partial charge is 0.409 e. The largest absolute Gasteiger partial charge is 0.465 e. The summed E-state index contributed by atoms with van der Waals surface area (Å²) >= 11 is 5.01. The summed E-state index contributed by atoms with van der Waals surface area (Å²) in [6.45, 7) is 0. The van der Waals surface area contributed by atoms with Crippen LogP contribution in [0.2, 0.25) is 0 Å². The summed E-state index contributed by atoms with van der Waals surface area (Å²) in [4.78, 5) is 10.9. The van der Waals surface area contributed by atoms with Crippen LogP contribution in [0.4, 0.5) is 10.5 Å². The van der Waals surface area contributed by atoms with E-state index in [4.69, 9.17) is 17.3 Å². The first-order valence-corrected chi connectivity index (χ1v) is 4.36. The molecule has 0 aliphatic rings. The zero-order valence-corrected chi connectivity index (χ0v) is 8.39. The molecular formula is C9H10N2O2S. The molecule has 0 heterocycles. The molecule has 0 spiro atoms. The molecule has 74 valence electrons. The van der Waals surface area contributed by atoms with Gasteiger partial charge >= 0.3 is 6.09 Å². The number of benzene rings is 1. The van der Waals surface area contributed by atoms with Crippen molar-refractivity contribution >= 4 is 29.0 Å². The number of rotatable bonds is 2. The second kappa shape index (κ2) is 4.57. The molecule has 0 aliphatic heterocycles. The molecule has 0 aliphatic carbocycles. The van der Waals surface area contributed by atoms with Gasteiger partial charge in [-0.25, -0.2) is 4.79 Å². The number of hydrogen-bond acceptors (Lipinski definition) is 2. The first-order valence-electron chi connectivity index (χ1n) is 3.95. The van der Waals surface area contributed by atoms with Crippen molar-refractivity contribution in [3.8, 4) is 0 Å². The summed E-state index contributed by atoms with van der Waals surface area (Å²) in [7, 11) is 1.74. The first kappa shape index (κ1) is 10.5. The summed E-state index contributed by atoms with van der Waals surface area (Å²) in [5.41, 5.74) is 1.39. The number of amides is 1. The third kappa shape index (κ3) is 2.70. The average molecular weight is 210 g/mol. The molecule has 0 saturated carbocycles. The van der Waals surface area contributed by atoms with Gasteiger partial charge in [-0.3, -0.25) is 5.32 Å². The Kier molecular flexibility index (Phi) is 3.41. The lowest BCUT2D eigenvalue weighted by Gasteiger charge is -2.04. The molecule has 1 aromatic carbocycles. The Bertz CT molecular complexity index is 348. The minimum atomic E-state index is -1.08. The number of carboxylic acid groups (broad SMARTS) is 1. The molecule has 5 heteroatoms. The lowest BCUT2D eigenvalue weighted by atomic mass is 10.2. The lowest BCUT2D eigenvalue weighted by Crippen LogP contribution is -2.16. The van der Waals surface area contributed by atoms with Gasteiger partial charge in [0.2, 0.25) is 0 Å². The molecule has 3 N–H and O–H groups in total. The van der Waals surface area contributed by atoms with E-state index in [0.29, 0.717) is 10.7 Å². The molecule has 0 aromatic heterocycles. The molecule has 0 atom stereocenters. The van der Waals surface area contributed by atoms with E-state index in [2.05, 4.69) is 10.6 Å². The fourth-order valence-electron chi connectivity index (χ4n) is 0.973. The van der Waals surface area contributed by atoms with Crippen LogP contribution in [0.25, 0.3) is 0 Å². The van der Waals surface area contributed by atoms with Crippen LogP contribution >= 0.6 is 12.2 Å². The monoisotopic (exact) mass is 210 g/mol. The van der Waals surface area contributed by atoms with Gasteiger partial charge in [0.05, 0.1) is 0 Å². The van der Waals surface area contributed by atoms with Gasteiger partial charge in [-0.2, -0.15) is 0 Å². The van der Waals surface area contributed by atoms with Crippen molar-refractivity contribution in [2.24, 2.45) is 0 Å².